The minimum Gasteiger partial charge on any atom is -0.476 e. The number of aromatic nitrogens is 2. The number of ether oxygens (including phenoxy) is 1. The SMILES string of the molecule is C#CCCOc1nc(C)nc(NCCC)c1C. The number of hydrogen-bond acceptors (Lipinski definition) is 4. The number of terminal acetylenes is 1. The Morgan fingerprint density at radius 3 is 2.76 bits per heavy atom. The summed E-state index contributed by atoms with van der Waals surface area (Å²) in [6.45, 7) is 7.29. The Morgan fingerprint density at radius 1 is 1.35 bits per heavy atom. The van der Waals surface area contributed by atoms with Crippen LogP contribution in [-0.2, 0) is 0 Å². The van der Waals surface area contributed by atoms with Crippen molar-refractivity contribution in [2.24, 2.45) is 0 Å². The van der Waals surface area contributed by atoms with E-state index in [0.717, 1.165) is 24.3 Å². The molecular weight excluding hydrogens is 214 g/mol. The van der Waals surface area contributed by atoms with Gasteiger partial charge < -0.3 is 10.1 Å². The maximum Gasteiger partial charge on any atom is 0.221 e. The largest absolute Gasteiger partial charge is 0.476 e. The Labute approximate surface area is 103 Å². The first-order chi connectivity index (χ1) is 8.19. The molecule has 0 atom stereocenters. The fraction of sp³-hybridized carbons (Fsp3) is 0.538. The predicted octanol–water partition coefficient (Wildman–Crippen LogP) is 2.32. The number of rotatable bonds is 6. The Balaban J connectivity index is 2.82. The van der Waals surface area contributed by atoms with Crippen LogP contribution in [0, 0.1) is 26.2 Å². The smallest absolute Gasteiger partial charge is 0.221 e. The molecule has 17 heavy (non-hydrogen) atoms. The molecule has 0 saturated carbocycles. The molecule has 0 fully saturated rings. The number of anilines is 1. The van der Waals surface area contributed by atoms with E-state index in [-0.39, 0.29) is 0 Å². The van der Waals surface area contributed by atoms with Gasteiger partial charge in [0, 0.05) is 13.0 Å². The summed E-state index contributed by atoms with van der Waals surface area (Å²) in [4.78, 5) is 8.63. The zero-order valence-corrected chi connectivity index (χ0v) is 10.7. The third-order valence-electron chi connectivity index (χ3n) is 2.24. The first-order valence-corrected chi connectivity index (χ1v) is 5.84. The van der Waals surface area contributed by atoms with Gasteiger partial charge in [0.25, 0.3) is 0 Å². The van der Waals surface area contributed by atoms with Crippen LogP contribution < -0.4 is 10.1 Å². The molecule has 0 amide bonds. The standard InChI is InChI=1S/C13H19N3O/c1-5-7-9-17-13-10(3)12(14-8-6-2)15-11(4)16-13/h1H,6-9H2,2-4H3,(H,14,15,16). The zero-order valence-electron chi connectivity index (χ0n) is 10.7. The molecular formula is C13H19N3O. The van der Waals surface area contributed by atoms with Gasteiger partial charge in [-0.3, -0.25) is 0 Å². The van der Waals surface area contributed by atoms with E-state index in [1.54, 1.807) is 0 Å². The topological polar surface area (TPSA) is 47.0 Å². The number of nitrogens with zero attached hydrogens (tertiary/aromatic N) is 2. The van der Waals surface area contributed by atoms with E-state index in [1.165, 1.54) is 0 Å². The van der Waals surface area contributed by atoms with E-state index in [1.807, 2.05) is 13.8 Å². The Hall–Kier alpha value is -1.76. The maximum absolute atomic E-state index is 5.55. The number of hydrogen-bond donors (Lipinski definition) is 1. The molecule has 0 aliphatic carbocycles. The highest BCUT2D eigenvalue weighted by Gasteiger charge is 2.09. The van der Waals surface area contributed by atoms with E-state index < -0.39 is 0 Å². The van der Waals surface area contributed by atoms with Crippen LogP contribution in [-0.4, -0.2) is 23.1 Å². The lowest BCUT2D eigenvalue weighted by Crippen LogP contribution is -2.09. The van der Waals surface area contributed by atoms with Crippen LogP contribution in [0.15, 0.2) is 0 Å². The lowest BCUT2D eigenvalue weighted by molar-refractivity contribution is 0.311. The van der Waals surface area contributed by atoms with Gasteiger partial charge in [-0.05, 0) is 20.3 Å². The minimum absolute atomic E-state index is 0.487. The summed E-state index contributed by atoms with van der Waals surface area (Å²) in [6, 6.07) is 0. The molecule has 4 nitrogen and oxygen atoms in total. The second kappa shape index (κ2) is 6.74. The molecule has 0 aromatic carbocycles. The molecule has 0 spiro atoms. The second-order valence-electron chi connectivity index (χ2n) is 3.78. The van der Waals surface area contributed by atoms with Gasteiger partial charge in [0.15, 0.2) is 0 Å². The average Bonchev–Trinajstić information content (AvgIpc) is 2.31. The molecule has 0 bridgehead atoms. The van der Waals surface area contributed by atoms with E-state index in [2.05, 4.69) is 28.1 Å². The van der Waals surface area contributed by atoms with E-state index in [9.17, 15) is 0 Å². The summed E-state index contributed by atoms with van der Waals surface area (Å²) >= 11 is 0. The molecule has 1 aromatic rings. The fourth-order valence-electron chi connectivity index (χ4n) is 1.37. The Kier molecular flexibility index (Phi) is 5.28. The Morgan fingerprint density at radius 2 is 2.12 bits per heavy atom. The monoisotopic (exact) mass is 233 g/mol. The highest BCUT2D eigenvalue weighted by atomic mass is 16.5. The maximum atomic E-state index is 5.55. The molecule has 0 aliphatic rings. The first-order valence-electron chi connectivity index (χ1n) is 5.84. The summed E-state index contributed by atoms with van der Waals surface area (Å²) in [5.41, 5.74) is 0.932. The van der Waals surface area contributed by atoms with Crippen molar-refractivity contribution in [3.63, 3.8) is 0 Å². The van der Waals surface area contributed by atoms with Crippen molar-refractivity contribution < 1.29 is 4.74 Å². The molecule has 92 valence electrons. The van der Waals surface area contributed by atoms with Crippen LogP contribution in [0.4, 0.5) is 5.82 Å². The van der Waals surface area contributed by atoms with Gasteiger partial charge in [-0.2, -0.15) is 4.98 Å². The molecule has 0 radical (unpaired) electrons. The van der Waals surface area contributed by atoms with Gasteiger partial charge in [0.1, 0.15) is 18.2 Å². The van der Waals surface area contributed by atoms with Gasteiger partial charge in [-0.15, -0.1) is 12.3 Å². The van der Waals surface area contributed by atoms with Crippen LogP contribution in [0.3, 0.4) is 0 Å². The van der Waals surface area contributed by atoms with Gasteiger partial charge >= 0.3 is 0 Å². The number of aryl methyl sites for hydroxylation is 1. The van der Waals surface area contributed by atoms with E-state index >= 15 is 0 Å². The van der Waals surface area contributed by atoms with Gasteiger partial charge in [0.2, 0.25) is 5.88 Å². The minimum atomic E-state index is 0.487. The van der Waals surface area contributed by atoms with Gasteiger partial charge in [0.05, 0.1) is 5.56 Å². The summed E-state index contributed by atoms with van der Waals surface area (Å²) < 4.78 is 5.55. The predicted molar refractivity (Wildman–Crippen MR) is 69.2 cm³/mol. The normalized spacial score (nSPS) is 9.76. The Bertz CT molecular complexity index is 410. The number of nitrogens with one attached hydrogen (secondary N) is 1. The highest BCUT2D eigenvalue weighted by molar-refractivity contribution is 5.48. The van der Waals surface area contributed by atoms with Crippen LogP contribution in [0.5, 0.6) is 5.88 Å². The van der Waals surface area contributed by atoms with Crippen molar-refractivity contribution in [2.75, 3.05) is 18.5 Å². The molecule has 1 N–H and O–H groups in total. The third-order valence-corrected chi connectivity index (χ3v) is 2.24. The summed E-state index contributed by atoms with van der Waals surface area (Å²) in [5, 5.41) is 3.26. The first kappa shape index (κ1) is 13.3. The fourth-order valence-corrected chi connectivity index (χ4v) is 1.37. The van der Waals surface area contributed by atoms with E-state index in [0.29, 0.717) is 24.7 Å². The van der Waals surface area contributed by atoms with Crippen molar-refractivity contribution in [3.8, 4) is 18.2 Å². The van der Waals surface area contributed by atoms with Crippen molar-refractivity contribution in [3.05, 3.63) is 11.4 Å². The summed E-state index contributed by atoms with van der Waals surface area (Å²) in [6.07, 6.45) is 6.82. The van der Waals surface area contributed by atoms with Crippen molar-refractivity contribution in [1.82, 2.24) is 9.97 Å². The van der Waals surface area contributed by atoms with Crippen molar-refractivity contribution in [2.45, 2.75) is 33.6 Å². The third kappa shape index (κ3) is 3.95. The molecule has 0 saturated heterocycles. The van der Waals surface area contributed by atoms with Gasteiger partial charge in [-0.25, -0.2) is 4.98 Å². The quantitative estimate of drug-likeness (QED) is 0.605. The lowest BCUT2D eigenvalue weighted by atomic mass is 10.3. The van der Waals surface area contributed by atoms with Crippen LogP contribution in [0.25, 0.3) is 0 Å². The van der Waals surface area contributed by atoms with Crippen LogP contribution in [0.1, 0.15) is 31.2 Å². The summed E-state index contributed by atoms with van der Waals surface area (Å²) in [7, 11) is 0. The average molecular weight is 233 g/mol. The molecule has 1 aromatic heterocycles. The second-order valence-corrected chi connectivity index (χ2v) is 3.78. The van der Waals surface area contributed by atoms with Crippen LogP contribution in [0.2, 0.25) is 0 Å². The lowest BCUT2D eigenvalue weighted by Gasteiger charge is -2.12. The zero-order chi connectivity index (χ0) is 12.7. The highest BCUT2D eigenvalue weighted by Crippen LogP contribution is 2.21. The van der Waals surface area contributed by atoms with E-state index in [4.69, 9.17) is 11.2 Å². The summed E-state index contributed by atoms with van der Waals surface area (Å²) in [5.74, 6) is 4.70. The van der Waals surface area contributed by atoms with Gasteiger partial charge in [-0.1, -0.05) is 6.92 Å². The van der Waals surface area contributed by atoms with Crippen LogP contribution >= 0.6 is 0 Å². The van der Waals surface area contributed by atoms with Crippen molar-refractivity contribution >= 4 is 5.82 Å². The molecule has 4 heteroatoms. The molecule has 0 aliphatic heterocycles. The molecule has 1 rings (SSSR count). The molecule has 1 heterocycles. The van der Waals surface area contributed by atoms with Crippen molar-refractivity contribution in [1.29, 1.82) is 0 Å². The molecule has 0 unspecified atom stereocenters.